The molecule has 3 nitrogen and oxygen atoms in total. The fraction of sp³-hybridized carbons (Fsp3) is 0.900. The molecular weight excluding hydrogens is 196 g/mol. The standard InChI is InChI=1S/C10H18N2OS/c1-7-8(2)14-4-3-12(7)10(13)9-5-11-6-9/h7-9,11H,3-6H2,1-2H3. The zero-order valence-electron chi connectivity index (χ0n) is 8.82. The van der Waals surface area contributed by atoms with Gasteiger partial charge in [0.15, 0.2) is 0 Å². The summed E-state index contributed by atoms with van der Waals surface area (Å²) in [6.07, 6.45) is 0. The summed E-state index contributed by atoms with van der Waals surface area (Å²) in [7, 11) is 0. The zero-order valence-corrected chi connectivity index (χ0v) is 9.64. The maximum atomic E-state index is 12.0. The number of hydrogen-bond acceptors (Lipinski definition) is 3. The fourth-order valence-corrected chi connectivity index (χ4v) is 3.04. The Kier molecular flexibility index (Phi) is 3.02. The van der Waals surface area contributed by atoms with Crippen LogP contribution in [0.3, 0.4) is 0 Å². The molecule has 2 rings (SSSR count). The molecule has 2 fully saturated rings. The van der Waals surface area contributed by atoms with E-state index in [-0.39, 0.29) is 5.92 Å². The van der Waals surface area contributed by atoms with Gasteiger partial charge in [0.05, 0.1) is 5.92 Å². The van der Waals surface area contributed by atoms with Crippen LogP contribution in [-0.2, 0) is 4.79 Å². The summed E-state index contributed by atoms with van der Waals surface area (Å²) in [6, 6.07) is 0.404. The van der Waals surface area contributed by atoms with Gasteiger partial charge >= 0.3 is 0 Å². The van der Waals surface area contributed by atoms with Crippen LogP contribution < -0.4 is 5.32 Å². The molecule has 2 unspecified atom stereocenters. The van der Waals surface area contributed by atoms with E-state index in [1.807, 2.05) is 11.8 Å². The zero-order chi connectivity index (χ0) is 10.1. The maximum Gasteiger partial charge on any atom is 0.228 e. The molecule has 0 aromatic heterocycles. The van der Waals surface area contributed by atoms with Crippen molar-refractivity contribution in [3.63, 3.8) is 0 Å². The Balaban J connectivity index is 1.97. The second kappa shape index (κ2) is 4.11. The predicted octanol–water partition coefficient (Wildman–Crippen LogP) is 0.558. The van der Waals surface area contributed by atoms with Crippen LogP contribution in [0.5, 0.6) is 0 Å². The summed E-state index contributed by atoms with van der Waals surface area (Å²) in [4.78, 5) is 14.1. The minimum atomic E-state index is 0.257. The van der Waals surface area contributed by atoms with Gasteiger partial charge in [-0.3, -0.25) is 4.79 Å². The van der Waals surface area contributed by atoms with Gasteiger partial charge in [-0.1, -0.05) is 6.92 Å². The third kappa shape index (κ3) is 1.77. The van der Waals surface area contributed by atoms with Gasteiger partial charge in [0.1, 0.15) is 0 Å². The Morgan fingerprint density at radius 3 is 2.71 bits per heavy atom. The molecule has 0 spiro atoms. The molecule has 0 saturated carbocycles. The van der Waals surface area contributed by atoms with Crippen molar-refractivity contribution in [1.82, 2.24) is 10.2 Å². The summed E-state index contributed by atoms with van der Waals surface area (Å²) in [6.45, 7) is 7.08. The van der Waals surface area contributed by atoms with E-state index in [4.69, 9.17) is 0 Å². The number of thioether (sulfide) groups is 1. The second-order valence-electron chi connectivity index (χ2n) is 4.20. The van der Waals surface area contributed by atoms with Crippen molar-refractivity contribution in [2.75, 3.05) is 25.4 Å². The molecule has 14 heavy (non-hydrogen) atoms. The SMILES string of the molecule is CC1SCCN(C(=O)C2CNC2)C1C. The van der Waals surface area contributed by atoms with Gasteiger partial charge in [-0.15, -0.1) is 0 Å². The van der Waals surface area contributed by atoms with Crippen LogP contribution in [-0.4, -0.2) is 47.5 Å². The Hall–Kier alpha value is -0.220. The maximum absolute atomic E-state index is 12.0. The van der Waals surface area contributed by atoms with Crippen molar-refractivity contribution < 1.29 is 4.79 Å². The van der Waals surface area contributed by atoms with Gasteiger partial charge in [-0.25, -0.2) is 0 Å². The molecule has 0 aromatic carbocycles. The number of amides is 1. The Morgan fingerprint density at radius 1 is 1.43 bits per heavy atom. The first kappa shape index (κ1) is 10.3. The largest absolute Gasteiger partial charge is 0.338 e. The molecule has 2 aliphatic rings. The highest BCUT2D eigenvalue weighted by Crippen LogP contribution is 2.25. The van der Waals surface area contributed by atoms with Gasteiger partial charge < -0.3 is 10.2 Å². The molecule has 2 saturated heterocycles. The van der Waals surface area contributed by atoms with Crippen molar-refractivity contribution in [2.45, 2.75) is 25.1 Å². The van der Waals surface area contributed by atoms with Crippen molar-refractivity contribution in [2.24, 2.45) is 5.92 Å². The Morgan fingerprint density at radius 2 is 2.14 bits per heavy atom. The molecule has 2 aliphatic heterocycles. The Labute approximate surface area is 89.6 Å². The minimum Gasteiger partial charge on any atom is -0.338 e. The van der Waals surface area contributed by atoms with E-state index in [2.05, 4.69) is 24.1 Å². The first-order chi connectivity index (χ1) is 6.70. The second-order valence-corrected chi connectivity index (χ2v) is 5.69. The molecule has 4 heteroatoms. The highest BCUT2D eigenvalue weighted by molar-refractivity contribution is 8.00. The topological polar surface area (TPSA) is 32.3 Å². The van der Waals surface area contributed by atoms with Crippen molar-refractivity contribution in [1.29, 1.82) is 0 Å². The lowest BCUT2D eigenvalue weighted by molar-refractivity contribution is -0.139. The van der Waals surface area contributed by atoms with E-state index in [0.717, 1.165) is 25.4 Å². The van der Waals surface area contributed by atoms with E-state index in [1.54, 1.807) is 0 Å². The number of nitrogens with zero attached hydrogens (tertiary/aromatic N) is 1. The summed E-state index contributed by atoms with van der Waals surface area (Å²) < 4.78 is 0. The molecule has 1 N–H and O–H groups in total. The van der Waals surface area contributed by atoms with Crippen molar-refractivity contribution >= 4 is 17.7 Å². The first-order valence-corrected chi connectivity index (χ1v) is 6.38. The quantitative estimate of drug-likeness (QED) is 0.692. The minimum absolute atomic E-state index is 0.257. The van der Waals surface area contributed by atoms with E-state index in [9.17, 15) is 4.79 Å². The lowest BCUT2D eigenvalue weighted by atomic mass is 10.0. The summed E-state index contributed by atoms with van der Waals surface area (Å²) >= 11 is 1.98. The highest BCUT2D eigenvalue weighted by Gasteiger charge is 2.35. The molecule has 80 valence electrons. The number of rotatable bonds is 1. The molecule has 0 aliphatic carbocycles. The number of carbonyl (C=O) groups excluding carboxylic acids is 1. The normalized spacial score (nSPS) is 34.0. The average molecular weight is 214 g/mol. The van der Waals surface area contributed by atoms with Crippen molar-refractivity contribution in [3.05, 3.63) is 0 Å². The lowest BCUT2D eigenvalue weighted by Crippen LogP contribution is -2.57. The molecule has 2 heterocycles. The summed E-state index contributed by atoms with van der Waals surface area (Å²) in [5.41, 5.74) is 0. The van der Waals surface area contributed by atoms with Gasteiger partial charge in [0, 0.05) is 36.7 Å². The average Bonchev–Trinajstić information content (AvgIpc) is 2.06. The molecule has 0 radical (unpaired) electrons. The smallest absolute Gasteiger partial charge is 0.228 e. The lowest BCUT2D eigenvalue weighted by Gasteiger charge is -2.41. The van der Waals surface area contributed by atoms with Crippen LogP contribution in [0.4, 0.5) is 0 Å². The van der Waals surface area contributed by atoms with Gasteiger partial charge in [-0.2, -0.15) is 11.8 Å². The van der Waals surface area contributed by atoms with E-state index in [0.29, 0.717) is 17.2 Å². The van der Waals surface area contributed by atoms with Crippen LogP contribution in [0, 0.1) is 5.92 Å². The monoisotopic (exact) mass is 214 g/mol. The number of carbonyl (C=O) groups is 1. The highest BCUT2D eigenvalue weighted by atomic mass is 32.2. The van der Waals surface area contributed by atoms with E-state index >= 15 is 0 Å². The number of nitrogens with one attached hydrogen (secondary N) is 1. The van der Waals surface area contributed by atoms with E-state index < -0.39 is 0 Å². The molecule has 2 atom stereocenters. The fourth-order valence-electron chi connectivity index (χ4n) is 1.94. The van der Waals surface area contributed by atoms with Gasteiger partial charge in [0.25, 0.3) is 0 Å². The van der Waals surface area contributed by atoms with E-state index in [1.165, 1.54) is 0 Å². The third-order valence-corrected chi connectivity index (χ3v) is 4.64. The van der Waals surface area contributed by atoms with Gasteiger partial charge in [0.2, 0.25) is 5.91 Å². The van der Waals surface area contributed by atoms with Crippen molar-refractivity contribution in [3.8, 4) is 0 Å². The van der Waals surface area contributed by atoms with Crippen LogP contribution >= 0.6 is 11.8 Å². The van der Waals surface area contributed by atoms with Crippen LogP contribution in [0.25, 0.3) is 0 Å². The molecule has 1 amide bonds. The van der Waals surface area contributed by atoms with Crippen LogP contribution in [0.15, 0.2) is 0 Å². The molecule has 0 bridgehead atoms. The summed E-state index contributed by atoms with van der Waals surface area (Å²) in [5, 5.41) is 3.74. The molecule has 0 aromatic rings. The third-order valence-electron chi connectivity index (χ3n) is 3.30. The predicted molar refractivity (Wildman–Crippen MR) is 59.5 cm³/mol. The number of hydrogen-bond donors (Lipinski definition) is 1. The molecular formula is C10H18N2OS. The first-order valence-electron chi connectivity index (χ1n) is 5.33. The summed E-state index contributed by atoms with van der Waals surface area (Å²) in [5.74, 6) is 1.72. The van der Waals surface area contributed by atoms with Gasteiger partial charge in [-0.05, 0) is 6.92 Å². The Bertz CT molecular complexity index is 230. The van der Waals surface area contributed by atoms with Crippen LogP contribution in [0.2, 0.25) is 0 Å². The van der Waals surface area contributed by atoms with Crippen LogP contribution in [0.1, 0.15) is 13.8 Å².